The van der Waals surface area contributed by atoms with Crippen molar-refractivity contribution in [3.05, 3.63) is 0 Å². The van der Waals surface area contributed by atoms with Gasteiger partial charge in [0.1, 0.15) is 30.8 Å². The van der Waals surface area contributed by atoms with E-state index < -0.39 is 23.9 Å². The summed E-state index contributed by atoms with van der Waals surface area (Å²) in [6.07, 6.45) is 14.1. The lowest BCUT2D eigenvalue weighted by Crippen LogP contribution is -2.42. The molecule has 0 aliphatic rings. The Labute approximate surface area is 298 Å². The Balaban J connectivity index is 3.68. The zero-order chi connectivity index (χ0) is 37.1. The maximum atomic E-state index is 12.2. The molecule has 0 aromatic heterocycles. The van der Waals surface area contributed by atoms with E-state index in [0.29, 0.717) is 52.0 Å². The number of hydrogen-bond donors (Lipinski definition) is 4. The van der Waals surface area contributed by atoms with Crippen molar-refractivity contribution in [2.45, 2.75) is 135 Å². The molecular formula is C36H64N2O12. The monoisotopic (exact) mass is 716 g/mol. The van der Waals surface area contributed by atoms with Crippen molar-refractivity contribution < 1.29 is 57.9 Å². The maximum Gasteiger partial charge on any atom is 0.326 e. The molecule has 0 unspecified atom stereocenters. The number of amides is 2. The van der Waals surface area contributed by atoms with E-state index in [9.17, 15) is 33.9 Å². The number of nitrogens with one attached hydrogen (secondary N) is 2. The molecule has 0 heterocycles. The van der Waals surface area contributed by atoms with E-state index in [1.807, 2.05) is 6.92 Å². The molecule has 0 aromatic carbocycles. The topological polar surface area (TPSA) is 204 Å². The lowest BCUT2D eigenvalue weighted by Gasteiger charge is -2.14. The minimum absolute atomic E-state index is 0.00530. The fourth-order valence-corrected chi connectivity index (χ4v) is 4.89. The third kappa shape index (κ3) is 33.6. The molecule has 4 N–H and O–H groups in total. The van der Waals surface area contributed by atoms with Gasteiger partial charge in [-0.3, -0.25) is 24.0 Å². The van der Waals surface area contributed by atoms with Gasteiger partial charge in [-0.25, -0.2) is 4.79 Å². The number of carbonyl (C=O) groups is 6. The summed E-state index contributed by atoms with van der Waals surface area (Å²) in [5.41, 5.74) is 0. The van der Waals surface area contributed by atoms with Crippen LogP contribution < -0.4 is 10.6 Å². The van der Waals surface area contributed by atoms with E-state index in [2.05, 4.69) is 10.6 Å². The molecule has 0 bridgehead atoms. The van der Waals surface area contributed by atoms with Gasteiger partial charge in [-0.2, -0.15) is 0 Å². The van der Waals surface area contributed by atoms with E-state index in [1.54, 1.807) is 0 Å². The average Bonchev–Trinajstić information content (AvgIpc) is 3.08. The minimum atomic E-state index is -1.23. The third-order valence-electron chi connectivity index (χ3n) is 7.71. The molecule has 2 amide bonds. The van der Waals surface area contributed by atoms with Gasteiger partial charge in [0.25, 0.3) is 0 Å². The SMILES string of the molecule is CCCNC(=O)COCCOCCCC(=O)CC[C@H](NC(=O)COCCOCCCC(=O)CCCCCCCCCCCCC(=O)O)C(=O)O. The summed E-state index contributed by atoms with van der Waals surface area (Å²) < 4.78 is 21.3. The largest absolute Gasteiger partial charge is 0.481 e. The van der Waals surface area contributed by atoms with E-state index in [1.165, 1.54) is 19.3 Å². The standard InChI is InChI=1S/C36H64N2O12/c1-2-21-37-33(41)28-49-26-24-48-23-14-17-31(40)19-20-32(36(45)46)38-34(42)29-50-27-25-47-22-13-16-30(39)15-11-9-7-5-3-4-6-8-10-12-18-35(43)44/h32H,2-29H2,1H3,(H,37,41)(H,38,42)(H,43,44)(H,45,46)/t32-/m0/s1. The summed E-state index contributed by atoms with van der Waals surface area (Å²) in [6.45, 7) is 3.89. The number of ether oxygens (including phenoxy) is 4. The lowest BCUT2D eigenvalue weighted by atomic mass is 10.0. The number of Topliss-reactive ketones (excluding diaryl/α,β-unsaturated/α-hetero) is 2. The highest BCUT2D eigenvalue weighted by atomic mass is 16.5. The number of aliphatic carboxylic acids is 2. The van der Waals surface area contributed by atoms with Crippen molar-refractivity contribution in [3.63, 3.8) is 0 Å². The van der Waals surface area contributed by atoms with Crippen LogP contribution in [-0.2, 0) is 47.7 Å². The minimum Gasteiger partial charge on any atom is -0.481 e. The number of hydrogen-bond acceptors (Lipinski definition) is 10. The molecule has 50 heavy (non-hydrogen) atoms. The van der Waals surface area contributed by atoms with Gasteiger partial charge < -0.3 is 39.8 Å². The first-order valence-electron chi connectivity index (χ1n) is 18.5. The fourth-order valence-electron chi connectivity index (χ4n) is 4.89. The Morgan fingerprint density at radius 1 is 0.520 bits per heavy atom. The van der Waals surface area contributed by atoms with Gasteiger partial charge in [-0.05, 0) is 38.5 Å². The van der Waals surface area contributed by atoms with Gasteiger partial charge in [-0.1, -0.05) is 58.3 Å². The number of ketones is 2. The van der Waals surface area contributed by atoms with Crippen LogP contribution in [0, 0.1) is 0 Å². The lowest BCUT2D eigenvalue weighted by molar-refractivity contribution is -0.143. The smallest absolute Gasteiger partial charge is 0.326 e. The zero-order valence-electron chi connectivity index (χ0n) is 30.4. The first kappa shape index (κ1) is 47.1. The molecule has 1 atom stereocenters. The fraction of sp³-hybridized carbons (Fsp3) is 0.833. The van der Waals surface area contributed by atoms with E-state index in [4.69, 9.17) is 24.1 Å². The zero-order valence-corrected chi connectivity index (χ0v) is 30.4. The van der Waals surface area contributed by atoms with Crippen LogP contribution in [-0.4, -0.2) is 111 Å². The predicted octanol–water partition coefficient (Wildman–Crippen LogP) is 4.39. The molecule has 0 aromatic rings. The Kier molecular flexibility index (Phi) is 32.5. The average molecular weight is 717 g/mol. The van der Waals surface area contributed by atoms with Crippen molar-refractivity contribution in [2.24, 2.45) is 0 Å². The molecular weight excluding hydrogens is 652 g/mol. The maximum absolute atomic E-state index is 12.2. The van der Waals surface area contributed by atoms with Crippen molar-refractivity contribution in [1.29, 1.82) is 0 Å². The number of carboxylic acids is 2. The van der Waals surface area contributed by atoms with Crippen LogP contribution in [0.15, 0.2) is 0 Å². The summed E-state index contributed by atoms with van der Waals surface area (Å²) in [7, 11) is 0. The molecule has 0 saturated carbocycles. The first-order chi connectivity index (χ1) is 24.1. The highest BCUT2D eigenvalue weighted by molar-refractivity contribution is 5.85. The summed E-state index contributed by atoms with van der Waals surface area (Å²) in [6, 6.07) is -1.20. The van der Waals surface area contributed by atoms with Crippen LogP contribution in [0.2, 0.25) is 0 Å². The van der Waals surface area contributed by atoms with Crippen LogP contribution >= 0.6 is 0 Å². The van der Waals surface area contributed by atoms with Crippen molar-refractivity contribution in [1.82, 2.24) is 10.6 Å². The molecule has 0 saturated heterocycles. The Morgan fingerprint density at radius 3 is 1.46 bits per heavy atom. The van der Waals surface area contributed by atoms with Gasteiger partial charge in [0.05, 0.1) is 26.4 Å². The second-order valence-corrected chi connectivity index (χ2v) is 12.4. The molecule has 290 valence electrons. The summed E-state index contributed by atoms with van der Waals surface area (Å²) in [5.74, 6) is -2.62. The quantitative estimate of drug-likeness (QED) is 0.0657. The highest BCUT2D eigenvalue weighted by Gasteiger charge is 2.21. The van der Waals surface area contributed by atoms with E-state index >= 15 is 0 Å². The highest BCUT2D eigenvalue weighted by Crippen LogP contribution is 2.13. The Hall–Kier alpha value is -2.94. The summed E-state index contributed by atoms with van der Waals surface area (Å²) in [4.78, 5) is 69.8. The molecule has 0 aliphatic heterocycles. The molecule has 0 rings (SSSR count). The second kappa shape index (κ2) is 34.5. The van der Waals surface area contributed by atoms with Gasteiger partial charge >= 0.3 is 11.9 Å². The van der Waals surface area contributed by atoms with Crippen LogP contribution in [0.3, 0.4) is 0 Å². The van der Waals surface area contributed by atoms with Crippen molar-refractivity contribution >= 4 is 35.3 Å². The molecule has 14 heteroatoms. The van der Waals surface area contributed by atoms with Gasteiger partial charge in [0.15, 0.2) is 0 Å². The van der Waals surface area contributed by atoms with Crippen LogP contribution in [0.5, 0.6) is 0 Å². The molecule has 0 spiro atoms. The van der Waals surface area contributed by atoms with Crippen molar-refractivity contribution in [2.75, 3.05) is 59.4 Å². The molecule has 0 aliphatic carbocycles. The Bertz CT molecular complexity index is 931. The van der Waals surface area contributed by atoms with Crippen LogP contribution in [0.4, 0.5) is 0 Å². The van der Waals surface area contributed by atoms with Gasteiger partial charge in [-0.15, -0.1) is 0 Å². The van der Waals surface area contributed by atoms with Crippen molar-refractivity contribution in [3.8, 4) is 0 Å². The Morgan fingerprint density at radius 2 is 0.960 bits per heavy atom. The molecule has 0 radical (unpaired) electrons. The van der Waals surface area contributed by atoms with Gasteiger partial charge in [0.2, 0.25) is 11.8 Å². The van der Waals surface area contributed by atoms with E-state index in [-0.39, 0.29) is 76.2 Å². The van der Waals surface area contributed by atoms with Crippen LogP contribution in [0.1, 0.15) is 129 Å². The first-order valence-corrected chi connectivity index (χ1v) is 18.5. The number of carboxylic acid groups (broad SMARTS) is 2. The number of unbranched alkanes of at least 4 members (excludes halogenated alkanes) is 9. The predicted molar refractivity (Wildman–Crippen MR) is 187 cm³/mol. The normalized spacial score (nSPS) is 11.6. The molecule has 0 fully saturated rings. The van der Waals surface area contributed by atoms with Gasteiger partial charge in [0, 0.05) is 51.9 Å². The second-order valence-electron chi connectivity index (χ2n) is 12.4. The summed E-state index contributed by atoms with van der Waals surface area (Å²) in [5, 5.41) is 23.1. The van der Waals surface area contributed by atoms with Crippen LogP contribution in [0.25, 0.3) is 0 Å². The number of carbonyl (C=O) groups excluding carboxylic acids is 4. The summed E-state index contributed by atoms with van der Waals surface area (Å²) >= 11 is 0. The molecule has 14 nitrogen and oxygen atoms in total. The number of rotatable bonds is 38. The van der Waals surface area contributed by atoms with E-state index in [0.717, 1.165) is 51.4 Å². The third-order valence-corrected chi connectivity index (χ3v) is 7.71.